The Balaban J connectivity index is 1.68. The number of amides is 1. The van der Waals surface area contributed by atoms with Gasteiger partial charge in [0.1, 0.15) is 5.75 Å². The zero-order chi connectivity index (χ0) is 19.3. The van der Waals surface area contributed by atoms with E-state index < -0.39 is 10.0 Å². The van der Waals surface area contributed by atoms with Gasteiger partial charge in [-0.15, -0.1) is 0 Å². The first-order valence-electron chi connectivity index (χ1n) is 9.10. The molecule has 1 aliphatic rings. The number of hydrogen-bond acceptors (Lipinski definition) is 4. The maximum atomic E-state index is 12.5. The van der Waals surface area contributed by atoms with Crippen LogP contribution in [0.3, 0.4) is 0 Å². The minimum absolute atomic E-state index is 0.0852. The minimum atomic E-state index is -3.30. The van der Waals surface area contributed by atoms with Crippen LogP contribution in [-0.4, -0.2) is 33.2 Å². The van der Waals surface area contributed by atoms with E-state index in [9.17, 15) is 13.2 Å². The van der Waals surface area contributed by atoms with Crippen molar-refractivity contribution in [3.05, 3.63) is 54.1 Å². The van der Waals surface area contributed by atoms with Gasteiger partial charge in [-0.05, 0) is 55.2 Å². The number of hydrogen-bond donors (Lipinski definition) is 1. The van der Waals surface area contributed by atoms with Gasteiger partial charge < -0.3 is 10.1 Å². The van der Waals surface area contributed by atoms with Gasteiger partial charge >= 0.3 is 0 Å². The van der Waals surface area contributed by atoms with Gasteiger partial charge in [-0.1, -0.05) is 25.1 Å². The number of rotatable bonds is 7. The summed E-state index contributed by atoms with van der Waals surface area (Å²) < 4.78 is 31.9. The highest BCUT2D eigenvalue weighted by Crippen LogP contribution is 2.32. The Bertz CT molecular complexity index is 897. The first-order valence-corrected chi connectivity index (χ1v) is 10.7. The number of carbonyl (C=O) groups is 1. The van der Waals surface area contributed by atoms with Crippen LogP contribution in [-0.2, 0) is 21.2 Å². The third kappa shape index (κ3) is 4.80. The molecule has 0 saturated heterocycles. The second kappa shape index (κ2) is 8.43. The van der Waals surface area contributed by atoms with Crippen LogP contribution in [0.15, 0.2) is 48.5 Å². The van der Waals surface area contributed by atoms with Crippen molar-refractivity contribution in [2.45, 2.75) is 26.2 Å². The normalized spacial score (nSPS) is 13.7. The zero-order valence-corrected chi connectivity index (χ0v) is 16.2. The van der Waals surface area contributed by atoms with Crippen molar-refractivity contribution < 1.29 is 17.9 Å². The summed E-state index contributed by atoms with van der Waals surface area (Å²) in [7, 11) is -3.30. The maximum absolute atomic E-state index is 12.5. The van der Waals surface area contributed by atoms with Crippen molar-refractivity contribution >= 4 is 27.3 Å². The molecule has 144 valence electrons. The number of anilines is 2. The summed E-state index contributed by atoms with van der Waals surface area (Å²) in [5.74, 6) is 0.516. The second-order valence-corrected chi connectivity index (χ2v) is 8.50. The molecule has 0 fully saturated rings. The summed E-state index contributed by atoms with van der Waals surface area (Å²) in [5, 5.41) is 2.81. The number of aryl methyl sites for hydroxylation is 1. The lowest BCUT2D eigenvalue weighted by molar-refractivity contribution is -0.118. The van der Waals surface area contributed by atoms with Gasteiger partial charge in [0.25, 0.3) is 5.91 Å². The van der Waals surface area contributed by atoms with Crippen LogP contribution in [0.2, 0.25) is 0 Å². The van der Waals surface area contributed by atoms with E-state index in [0.29, 0.717) is 30.1 Å². The number of carbonyl (C=O) groups excluding carboxylic acids is 1. The van der Waals surface area contributed by atoms with E-state index in [2.05, 4.69) is 5.32 Å². The Morgan fingerprint density at radius 1 is 1.19 bits per heavy atom. The minimum Gasteiger partial charge on any atom is -0.484 e. The fraction of sp³-hybridized carbons (Fsp3) is 0.350. The Hall–Kier alpha value is -2.54. The van der Waals surface area contributed by atoms with Gasteiger partial charge in [-0.25, -0.2) is 8.42 Å². The molecule has 0 bridgehead atoms. The molecule has 0 aliphatic carbocycles. The molecule has 1 N–H and O–H groups in total. The summed E-state index contributed by atoms with van der Waals surface area (Å²) in [6.45, 7) is 2.28. The summed E-state index contributed by atoms with van der Waals surface area (Å²) in [6, 6.07) is 14.5. The van der Waals surface area contributed by atoms with Crippen LogP contribution in [0.5, 0.6) is 5.75 Å². The molecule has 1 aliphatic heterocycles. The highest BCUT2D eigenvalue weighted by molar-refractivity contribution is 7.92. The largest absolute Gasteiger partial charge is 0.484 e. The predicted octanol–water partition coefficient (Wildman–Crippen LogP) is 3.20. The zero-order valence-electron chi connectivity index (χ0n) is 15.3. The van der Waals surface area contributed by atoms with Crippen molar-refractivity contribution in [3.63, 3.8) is 0 Å². The van der Waals surface area contributed by atoms with Gasteiger partial charge in [-0.3, -0.25) is 9.10 Å². The molecule has 2 aromatic carbocycles. The van der Waals surface area contributed by atoms with Gasteiger partial charge in [0, 0.05) is 12.2 Å². The highest BCUT2D eigenvalue weighted by Gasteiger charge is 2.26. The summed E-state index contributed by atoms with van der Waals surface area (Å²) in [5.41, 5.74) is 2.29. The third-order valence-electron chi connectivity index (χ3n) is 4.35. The lowest BCUT2D eigenvalue weighted by Gasteiger charge is -2.30. The lowest BCUT2D eigenvalue weighted by Crippen LogP contribution is -2.37. The standard InChI is InChI=1S/C20H24N2O4S/c1-2-13-27(24,25)22-12-6-7-16-14-17(10-11-19(16)22)21-20(23)15-26-18-8-4-3-5-9-18/h3-5,8-11,14H,2,6-7,12-13,15H2,1H3,(H,21,23). The number of benzene rings is 2. The van der Waals surface area contributed by atoms with Crippen LogP contribution >= 0.6 is 0 Å². The molecule has 7 heteroatoms. The summed E-state index contributed by atoms with van der Waals surface area (Å²) in [6.07, 6.45) is 2.14. The Morgan fingerprint density at radius 3 is 2.70 bits per heavy atom. The van der Waals surface area contributed by atoms with E-state index in [1.807, 2.05) is 31.2 Å². The molecular formula is C20H24N2O4S. The number of para-hydroxylation sites is 1. The van der Waals surface area contributed by atoms with Gasteiger partial charge in [0.15, 0.2) is 6.61 Å². The third-order valence-corrected chi connectivity index (χ3v) is 6.33. The molecule has 6 nitrogen and oxygen atoms in total. The van der Waals surface area contributed by atoms with E-state index in [1.54, 1.807) is 24.3 Å². The van der Waals surface area contributed by atoms with Crippen molar-refractivity contribution in [1.82, 2.24) is 0 Å². The molecule has 3 rings (SSSR count). The molecule has 27 heavy (non-hydrogen) atoms. The molecule has 2 aromatic rings. The smallest absolute Gasteiger partial charge is 0.262 e. The molecule has 0 aromatic heterocycles. The molecule has 0 radical (unpaired) electrons. The molecule has 1 heterocycles. The van der Waals surface area contributed by atoms with Crippen molar-refractivity contribution in [1.29, 1.82) is 0 Å². The molecule has 0 spiro atoms. The Labute approximate surface area is 160 Å². The quantitative estimate of drug-likeness (QED) is 0.790. The van der Waals surface area contributed by atoms with Gasteiger partial charge in [0.2, 0.25) is 10.0 Å². The average Bonchev–Trinajstić information content (AvgIpc) is 2.66. The summed E-state index contributed by atoms with van der Waals surface area (Å²) >= 11 is 0. The number of nitrogens with zero attached hydrogens (tertiary/aromatic N) is 1. The van der Waals surface area contributed by atoms with Gasteiger partial charge in [-0.2, -0.15) is 0 Å². The molecule has 1 amide bonds. The van der Waals surface area contributed by atoms with E-state index in [-0.39, 0.29) is 18.3 Å². The molecule has 0 saturated carbocycles. The Kier molecular flexibility index (Phi) is 6.01. The maximum Gasteiger partial charge on any atom is 0.262 e. The second-order valence-electron chi connectivity index (χ2n) is 6.49. The average molecular weight is 388 g/mol. The van der Waals surface area contributed by atoms with E-state index in [4.69, 9.17) is 4.74 Å². The fourth-order valence-electron chi connectivity index (χ4n) is 3.16. The van der Waals surface area contributed by atoms with Crippen LogP contribution in [0.1, 0.15) is 25.3 Å². The number of nitrogens with one attached hydrogen (secondary N) is 1. The SMILES string of the molecule is CCCS(=O)(=O)N1CCCc2cc(NC(=O)COc3ccccc3)ccc21. The number of ether oxygens (including phenoxy) is 1. The van der Waals surface area contributed by atoms with Gasteiger partial charge in [0.05, 0.1) is 11.4 Å². The van der Waals surface area contributed by atoms with E-state index in [1.165, 1.54) is 4.31 Å². The van der Waals surface area contributed by atoms with Crippen LogP contribution in [0.4, 0.5) is 11.4 Å². The predicted molar refractivity (Wildman–Crippen MR) is 107 cm³/mol. The van der Waals surface area contributed by atoms with Crippen molar-refractivity contribution in [2.24, 2.45) is 0 Å². The molecule has 0 atom stereocenters. The van der Waals surface area contributed by atoms with Crippen LogP contribution in [0.25, 0.3) is 0 Å². The van der Waals surface area contributed by atoms with Crippen molar-refractivity contribution in [2.75, 3.05) is 28.5 Å². The fourth-order valence-corrected chi connectivity index (χ4v) is 4.78. The monoisotopic (exact) mass is 388 g/mol. The van der Waals surface area contributed by atoms with Crippen LogP contribution in [0, 0.1) is 0 Å². The van der Waals surface area contributed by atoms with Crippen LogP contribution < -0.4 is 14.4 Å². The van der Waals surface area contributed by atoms with E-state index in [0.717, 1.165) is 18.4 Å². The molecular weight excluding hydrogens is 364 g/mol. The first-order chi connectivity index (χ1) is 13.0. The lowest BCUT2D eigenvalue weighted by atomic mass is 10.0. The summed E-state index contributed by atoms with van der Waals surface area (Å²) in [4.78, 5) is 12.1. The number of fused-ring (bicyclic) bond motifs is 1. The van der Waals surface area contributed by atoms with E-state index >= 15 is 0 Å². The Morgan fingerprint density at radius 2 is 1.96 bits per heavy atom. The molecule has 0 unspecified atom stereocenters. The first kappa shape index (κ1) is 19.2. The highest BCUT2D eigenvalue weighted by atomic mass is 32.2. The topological polar surface area (TPSA) is 75.7 Å². The van der Waals surface area contributed by atoms with Crippen molar-refractivity contribution in [3.8, 4) is 5.75 Å². The number of sulfonamides is 1.